The maximum Gasteiger partial charge on any atom is 0.320 e. The second-order valence-corrected chi connectivity index (χ2v) is 7.12. The molecule has 0 aliphatic carbocycles. The van der Waals surface area contributed by atoms with Crippen LogP contribution in [0.5, 0.6) is 0 Å². The number of hydrogen-bond donors (Lipinski definition) is 1. The van der Waals surface area contributed by atoms with E-state index in [0.717, 1.165) is 9.35 Å². The van der Waals surface area contributed by atoms with Gasteiger partial charge in [-0.25, -0.2) is 4.79 Å². The summed E-state index contributed by atoms with van der Waals surface area (Å²) in [5.74, 6) is -0.895. The number of carbonyl (C=O) groups excluding carboxylic acids is 1. The maximum atomic E-state index is 12.4. The maximum absolute atomic E-state index is 12.4. The average Bonchev–Trinajstić information content (AvgIpc) is 2.73. The van der Waals surface area contributed by atoms with Crippen LogP contribution in [-0.4, -0.2) is 46.5 Å². The van der Waals surface area contributed by atoms with E-state index in [0.29, 0.717) is 6.54 Å². The molecule has 0 spiro atoms. The zero-order chi connectivity index (χ0) is 15.3. The fraction of sp³-hybridized carbons (Fsp3) is 0.538. The molecule has 5 nitrogen and oxygen atoms in total. The summed E-state index contributed by atoms with van der Waals surface area (Å²) in [4.78, 5) is 26.2. The number of aliphatic carboxylic acids is 1. The minimum Gasteiger partial charge on any atom is -0.481 e. The molecule has 20 heavy (non-hydrogen) atoms. The monoisotopic (exact) mass is 362 g/mol. The summed E-state index contributed by atoms with van der Waals surface area (Å²) in [6, 6.07) is 1.80. The van der Waals surface area contributed by atoms with Crippen molar-refractivity contribution in [1.82, 2.24) is 9.80 Å². The molecule has 0 radical (unpaired) electrons. The van der Waals surface area contributed by atoms with Gasteiger partial charge in [-0.15, -0.1) is 11.3 Å². The second kappa shape index (κ2) is 7.64. The van der Waals surface area contributed by atoms with E-state index in [2.05, 4.69) is 15.9 Å². The average molecular weight is 363 g/mol. The zero-order valence-electron chi connectivity index (χ0n) is 11.8. The molecule has 1 aromatic heterocycles. The number of carboxylic acids is 1. The summed E-state index contributed by atoms with van der Waals surface area (Å²) >= 11 is 4.97. The Kier molecular flexibility index (Phi) is 6.48. The lowest BCUT2D eigenvalue weighted by atomic mass is 10.3. The van der Waals surface area contributed by atoms with E-state index in [9.17, 15) is 9.59 Å². The Morgan fingerprint density at radius 1 is 1.45 bits per heavy atom. The molecule has 1 heterocycles. The van der Waals surface area contributed by atoms with Crippen LogP contribution in [-0.2, 0) is 11.3 Å². The molecule has 0 unspecified atom stereocenters. The Balaban J connectivity index is 2.65. The van der Waals surface area contributed by atoms with Gasteiger partial charge in [0, 0.05) is 26.2 Å². The molecule has 0 bridgehead atoms. The Labute approximate surface area is 131 Å². The van der Waals surface area contributed by atoms with Crippen molar-refractivity contribution in [2.75, 3.05) is 13.6 Å². The van der Waals surface area contributed by atoms with Gasteiger partial charge in [-0.1, -0.05) is 0 Å². The van der Waals surface area contributed by atoms with Gasteiger partial charge in [-0.2, -0.15) is 0 Å². The molecule has 7 heteroatoms. The molecule has 0 saturated carbocycles. The molecule has 112 valence electrons. The number of hydrogen-bond acceptors (Lipinski definition) is 3. The van der Waals surface area contributed by atoms with Crippen LogP contribution in [0.25, 0.3) is 0 Å². The number of nitrogens with zero attached hydrogens (tertiary/aromatic N) is 2. The van der Waals surface area contributed by atoms with Crippen molar-refractivity contribution in [2.45, 2.75) is 32.9 Å². The van der Waals surface area contributed by atoms with Gasteiger partial charge < -0.3 is 14.9 Å². The van der Waals surface area contributed by atoms with Crippen LogP contribution < -0.4 is 0 Å². The third-order valence-corrected chi connectivity index (χ3v) is 4.36. The Morgan fingerprint density at radius 3 is 2.55 bits per heavy atom. The SMILES string of the molecule is CC(C)N(CCC(=O)O)C(=O)N(C)Cc1csc(Br)c1. The van der Waals surface area contributed by atoms with Gasteiger partial charge in [-0.05, 0) is 46.8 Å². The first kappa shape index (κ1) is 17.0. The summed E-state index contributed by atoms with van der Waals surface area (Å²) in [5, 5.41) is 10.7. The van der Waals surface area contributed by atoms with Crippen LogP contribution in [0.1, 0.15) is 25.8 Å². The predicted octanol–water partition coefficient (Wildman–Crippen LogP) is 3.25. The number of carboxylic acid groups (broad SMARTS) is 1. The van der Waals surface area contributed by atoms with Crippen molar-refractivity contribution in [2.24, 2.45) is 0 Å². The van der Waals surface area contributed by atoms with Crippen molar-refractivity contribution in [3.8, 4) is 0 Å². The van der Waals surface area contributed by atoms with Crippen molar-refractivity contribution < 1.29 is 14.7 Å². The predicted molar refractivity (Wildman–Crippen MR) is 83.0 cm³/mol. The van der Waals surface area contributed by atoms with Gasteiger partial charge in [0.2, 0.25) is 0 Å². The number of urea groups is 1. The molecule has 2 amide bonds. The van der Waals surface area contributed by atoms with E-state index in [4.69, 9.17) is 5.11 Å². The summed E-state index contributed by atoms with van der Waals surface area (Å²) in [6.45, 7) is 4.50. The topological polar surface area (TPSA) is 60.9 Å². The van der Waals surface area contributed by atoms with Gasteiger partial charge in [0.1, 0.15) is 0 Å². The van der Waals surface area contributed by atoms with E-state index in [1.807, 2.05) is 25.3 Å². The Hall–Kier alpha value is -1.08. The first-order valence-corrected chi connectivity index (χ1v) is 7.95. The third kappa shape index (κ3) is 5.13. The van der Waals surface area contributed by atoms with Crippen molar-refractivity contribution in [3.05, 3.63) is 20.8 Å². The Morgan fingerprint density at radius 2 is 2.10 bits per heavy atom. The Bertz CT molecular complexity index is 476. The van der Waals surface area contributed by atoms with E-state index >= 15 is 0 Å². The highest BCUT2D eigenvalue weighted by Gasteiger charge is 2.21. The van der Waals surface area contributed by atoms with Gasteiger partial charge in [0.05, 0.1) is 10.2 Å². The molecule has 1 aromatic rings. The number of carbonyl (C=O) groups is 2. The molecule has 0 fully saturated rings. The van der Waals surface area contributed by atoms with Gasteiger partial charge >= 0.3 is 12.0 Å². The third-order valence-electron chi connectivity index (χ3n) is 2.80. The molecule has 1 rings (SSSR count). The van der Waals surface area contributed by atoms with E-state index < -0.39 is 5.97 Å². The van der Waals surface area contributed by atoms with Gasteiger partial charge in [0.15, 0.2) is 0 Å². The van der Waals surface area contributed by atoms with Crippen molar-refractivity contribution >= 4 is 39.3 Å². The smallest absolute Gasteiger partial charge is 0.320 e. The number of halogens is 1. The molecule has 0 aromatic carbocycles. The lowest BCUT2D eigenvalue weighted by Gasteiger charge is -2.30. The number of thiophene rings is 1. The second-order valence-electron chi connectivity index (χ2n) is 4.83. The quantitative estimate of drug-likeness (QED) is 0.844. The summed E-state index contributed by atoms with van der Waals surface area (Å²) in [5.41, 5.74) is 1.06. The molecular formula is C13H19BrN2O3S. The fourth-order valence-corrected chi connectivity index (χ4v) is 2.98. The van der Waals surface area contributed by atoms with E-state index in [1.165, 1.54) is 0 Å². The van der Waals surface area contributed by atoms with Gasteiger partial charge in [-0.3, -0.25) is 4.79 Å². The van der Waals surface area contributed by atoms with E-state index in [1.54, 1.807) is 28.2 Å². The van der Waals surface area contributed by atoms with Gasteiger partial charge in [0.25, 0.3) is 0 Å². The normalized spacial score (nSPS) is 10.7. The number of rotatable bonds is 6. The highest BCUT2D eigenvalue weighted by atomic mass is 79.9. The lowest BCUT2D eigenvalue weighted by molar-refractivity contribution is -0.137. The summed E-state index contributed by atoms with van der Waals surface area (Å²) in [6.07, 6.45) is -0.0399. The largest absolute Gasteiger partial charge is 0.481 e. The molecule has 0 aliphatic rings. The lowest BCUT2D eigenvalue weighted by Crippen LogP contribution is -2.45. The molecule has 0 atom stereocenters. The van der Waals surface area contributed by atoms with Crippen molar-refractivity contribution in [1.29, 1.82) is 0 Å². The minimum atomic E-state index is -0.895. The highest BCUT2D eigenvalue weighted by molar-refractivity contribution is 9.11. The van der Waals surface area contributed by atoms with E-state index in [-0.39, 0.29) is 25.0 Å². The first-order chi connectivity index (χ1) is 9.31. The van der Waals surface area contributed by atoms with Crippen LogP contribution in [0.3, 0.4) is 0 Å². The first-order valence-electron chi connectivity index (χ1n) is 6.27. The van der Waals surface area contributed by atoms with Crippen LogP contribution in [0.15, 0.2) is 15.2 Å². The van der Waals surface area contributed by atoms with Crippen LogP contribution in [0, 0.1) is 0 Å². The summed E-state index contributed by atoms with van der Waals surface area (Å²) < 4.78 is 1.03. The zero-order valence-corrected chi connectivity index (χ0v) is 14.2. The molecule has 0 saturated heterocycles. The highest BCUT2D eigenvalue weighted by Crippen LogP contribution is 2.21. The molecule has 1 N–H and O–H groups in total. The standard InChI is InChI=1S/C13H19BrN2O3S/c1-9(2)16(5-4-12(17)18)13(19)15(3)7-10-6-11(14)20-8-10/h6,8-9H,4-5,7H2,1-3H3,(H,17,18). The van der Waals surface area contributed by atoms with Crippen LogP contribution in [0.4, 0.5) is 4.79 Å². The van der Waals surface area contributed by atoms with Crippen LogP contribution >= 0.6 is 27.3 Å². The van der Waals surface area contributed by atoms with Crippen LogP contribution in [0.2, 0.25) is 0 Å². The summed E-state index contributed by atoms with van der Waals surface area (Å²) in [7, 11) is 1.73. The molecule has 0 aliphatic heterocycles. The number of amides is 2. The minimum absolute atomic E-state index is 0.0292. The fourth-order valence-electron chi connectivity index (χ4n) is 1.78. The van der Waals surface area contributed by atoms with Crippen molar-refractivity contribution in [3.63, 3.8) is 0 Å². The molecular weight excluding hydrogens is 344 g/mol.